The van der Waals surface area contributed by atoms with E-state index in [9.17, 15) is 0 Å². The molecule has 1 aliphatic rings. The van der Waals surface area contributed by atoms with Gasteiger partial charge in [-0.05, 0) is 37.6 Å². The smallest absolute Gasteiger partial charge is 0.0509 e. The molecule has 0 saturated carbocycles. The summed E-state index contributed by atoms with van der Waals surface area (Å²) >= 11 is 0. The minimum absolute atomic E-state index is 0.703. The topological polar surface area (TPSA) is 21.3 Å². The van der Waals surface area contributed by atoms with Crippen molar-refractivity contribution in [3.63, 3.8) is 0 Å². The van der Waals surface area contributed by atoms with E-state index in [0.717, 1.165) is 31.6 Å². The molecule has 1 saturated heterocycles. The second kappa shape index (κ2) is 9.80. The highest BCUT2D eigenvalue weighted by Gasteiger charge is 2.27. The van der Waals surface area contributed by atoms with Crippen molar-refractivity contribution < 1.29 is 4.74 Å². The molecule has 0 aliphatic carbocycles. The van der Waals surface area contributed by atoms with Crippen molar-refractivity contribution in [3.05, 3.63) is 0 Å². The summed E-state index contributed by atoms with van der Waals surface area (Å²) in [7, 11) is 0. The second-order valence-electron chi connectivity index (χ2n) is 5.84. The van der Waals surface area contributed by atoms with Crippen LogP contribution in [0.3, 0.4) is 0 Å². The lowest BCUT2D eigenvalue weighted by molar-refractivity contribution is 0.0214. The Morgan fingerprint density at radius 1 is 1.22 bits per heavy atom. The van der Waals surface area contributed by atoms with Gasteiger partial charge in [-0.15, -0.1) is 0 Å². The molecule has 3 unspecified atom stereocenters. The number of unbranched alkanes of at least 4 members (excludes halogenated alkanes) is 1. The van der Waals surface area contributed by atoms with E-state index in [2.05, 4.69) is 26.1 Å². The predicted molar refractivity (Wildman–Crippen MR) is 78.9 cm³/mol. The quantitative estimate of drug-likeness (QED) is 0.672. The normalized spacial score (nSPS) is 26.2. The van der Waals surface area contributed by atoms with Crippen LogP contribution in [0.1, 0.15) is 65.7 Å². The van der Waals surface area contributed by atoms with Gasteiger partial charge >= 0.3 is 0 Å². The van der Waals surface area contributed by atoms with Crippen molar-refractivity contribution in [2.45, 2.75) is 71.8 Å². The summed E-state index contributed by atoms with van der Waals surface area (Å²) in [6.07, 6.45) is 9.25. The van der Waals surface area contributed by atoms with Crippen LogP contribution in [0.2, 0.25) is 0 Å². The molecular weight excluding hydrogens is 222 g/mol. The fourth-order valence-corrected chi connectivity index (χ4v) is 3.04. The Labute approximate surface area is 114 Å². The van der Waals surface area contributed by atoms with Crippen LogP contribution in [0.5, 0.6) is 0 Å². The molecule has 0 amide bonds. The Morgan fingerprint density at radius 2 is 2.06 bits per heavy atom. The van der Waals surface area contributed by atoms with E-state index in [1.165, 1.54) is 44.9 Å². The molecule has 2 heteroatoms. The molecule has 2 nitrogen and oxygen atoms in total. The molecule has 0 aromatic carbocycles. The average Bonchev–Trinajstić information content (AvgIpc) is 2.42. The van der Waals surface area contributed by atoms with E-state index in [1.54, 1.807) is 0 Å². The highest BCUT2D eigenvalue weighted by molar-refractivity contribution is 4.81. The lowest BCUT2D eigenvalue weighted by Gasteiger charge is -2.34. The van der Waals surface area contributed by atoms with Crippen molar-refractivity contribution >= 4 is 0 Å². The molecule has 1 aliphatic heterocycles. The van der Waals surface area contributed by atoms with Crippen LogP contribution >= 0.6 is 0 Å². The van der Waals surface area contributed by atoms with Gasteiger partial charge in [0.05, 0.1) is 6.61 Å². The van der Waals surface area contributed by atoms with E-state index >= 15 is 0 Å². The maximum Gasteiger partial charge on any atom is 0.0509 e. The molecule has 1 heterocycles. The molecule has 0 aromatic rings. The zero-order valence-corrected chi connectivity index (χ0v) is 12.7. The molecule has 0 bridgehead atoms. The first-order chi connectivity index (χ1) is 8.81. The average molecular weight is 255 g/mol. The van der Waals surface area contributed by atoms with Crippen molar-refractivity contribution in [2.24, 2.45) is 11.8 Å². The number of hydrogen-bond acceptors (Lipinski definition) is 2. The van der Waals surface area contributed by atoms with Crippen LogP contribution in [0.4, 0.5) is 0 Å². The standard InChI is InChI=1S/C16H33NO/c1-4-7-8-14(6-3)12-15-13-18-11-9-16(15)17-10-5-2/h14-17H,4-13H2,1-3H3. The van der Waals surface area contributed by atoms with Gasteiger partial charge in [0.25, 0.3) is 0 Å². The summed E-state index contributed by atoms with van der Waals surface area (Å²) in [5, 5.41) is 3.73. The number of rotatable bonds is 9. The fourth-order valence-electron chi connectivity index (χ4n) is 3.04. The third kappa shape index (κ3) is 5.71. The molecule has 1 fully saturated rings. The van der Waals surface area contributed by atoms with E-state index in [-0.39, 0.29) is 0 Å². The van der Waals surface area contributed by atoms with Gasteiger partial charge in [-0.2, -0.15) is 0 Å². The maximum absolute atomic E-state index is 5.70. The van der Waals surface area contributed by atoms with Gasteiger partial charge in [0.2, 0.25) is 0 Å². The highest BCUT2D eigenvalue weighted by Crippen LogP contribution is 2.27. The number of ether oxygens (including phenoxy) is 1. The van der Waals surface area contributed by atoms with Crippen LogP contribution in [0, 0.1) is 11.8 Å². The van der Waals surface area contributed by atoms with Gasteiger partial charge in [-0.1, -0.05) is 46.5 Å². The maximum atomic E-state index is 5.70. The summed E-state index contributed by atoms with van der Waals surface area (Å²) in [6, 6.07) is 0.703. The van der Waals surface area contributed by atoms with E-state index in [0.29, 0.717) is 6.04 Å². The summed E-state index contributed by atoms with van der Waals surface area (Å²) in [5.41, 5.74) is 0. The van der Waals surface area contributed by atoms with Crippen molar-refractivity contribution in [2.75, 3.05) is 19.8 Å². The van der Waals surface area contributed by atoms with Crippen molar-refractivity contribution in [1.82, 2.24) is 5.32 Å². The molecule has 18 heavy (non-hydrogen) atoms. The molecule has 1 rings (SSSR count). The molecule has 0 aromatic heterocycles. The third-order valence-corrected chi connectivity index (χ3v) is 4.31. The van der Waals surface area contributed by atoms with Crippen LogP contribution in [0.15, 0.2) is 0 Å². The lowest BCUT2D eigenvalue weighted by Crippen LogP contribution is -2.43. The van der Waals surface area contributed by atoms with Gasteiger partial charge < -0.3 is 10.1 Å². The Morgan fingerprint density at radius 3 is 2.72 bits per heavy atom. The van der Waals surface area contributed by atoms with Gasteiger partial charge in [0.15, 0.2) is 0 Å². The van der Waals surface area contributed by atoms with Gasteiger partial charge in [0.1, 0.15) is 0 Å². The van der Waals surface area contributed by atoms with Crippen molar-refractivity contribution in [3.8, 4) is 0 Å². The van der Waals surface area contributed by atoms with Gasteiger partial charge in [-0.25, -0.2) is 0 Å². The first-order valence-corrected chi connectivity index (χ1v) is 8.12. The monoisotopic (exact) mass is 255 g/mol. The summed E-state index contributed by atoms with van der Waals surface area (Å²) < 4.78 is 5.70. The zero-order chi connectivity index (χ0) is 13.2. The van der Waals surface area contributed by atoms with Crippen LogP contribution in [0.25, 0.3) is 0 Å². The summed E-state index contributed by atoms with van der Waals surface area (Å²) in [6.45, 7) is 9.97. The van der Waals surface area contributed by atoms with Gasteiger partial charge in [-0.3, -0.25) is 0 Å². The van der Waals surface area contributed by atoms with Crippen LogP contribution < -0.4 is 5.32 Å². The molecular formula is C16H33NO. The zero-order valence-electron chi connectivity index (χ0n) is 12.7. The largest absolute Gasteiger partial charge is 0.381 e. The molecule has 3 atom stereocenters. The second-order valence-corrected chi connectivity index (χ2v) is 5.84. The minimum atomic E-state index is 0.703. The molecule has 108 valence electrons. The Hall–Kier alpha value is -0.0800. The predicted octanol–water partition coefficient (Wildman–Crippen LogP) is 4.00. The molecule has 0 spiro atoms. The van der Waals surface area contributed by atoms with Crippen LogP contribution in [-0.4, -0.2) is 25.8 Å². The minimum Gasteiger partial charge on any atom is -0.381 e. The van der Waals surface area contributed by atoms with Crippen molar-refractivity contribution in [1.29, 1.82) is 0 Å². The third-order valence-electron chi connectivity index (χ3n) is 4.31. The molecule has 1 N–H and O–H groups in total. The van der Waals surface area contributed by atoms with E-state index < -0.39 is 0 Å². The number of hydrogen-bond donors (Lipinski definition) is 1. The Bertz CT molecular complexity index is 196. The highest BCUT2D eigenvalue weighted by atomic mass is 16.5. The first-order valence-electron chi connectivity index (χ1n) is 8.12. The Kier molecular flexibility index (Phi) is 8.70. The Balaban J connectivity index is 2.38. The van der Waals surface area contributed by atoms with Crippen LogP contribution in [-0.2, 0) is 4.74 Å². The van der Waals surface area contributed by atoms with E-state index in [1.807, 2.05) is 0 Å². The summed E-state index contributed by atoms with van der Waals surface area (Å²) in [4.78, 5) is 0. The molecule has 0 radical (unpaired) electrons. The SMILES string of the molecule is CCCCC(CC)CC1COCCC1NCCC. The lowest BCUT2D eigenvalue weighted by atomic mass is 9.83. The van der Waals surface area contributed by atoms with Gasteiger partial charge in [0, 0.05) is 12.6 Å². The summed E-state index contributed by atoms with van der Waals surface area (Å²) in [5.74, 6) is 1.65. The first kappa shape index (κ1) is 16.0. The number of nitrogens with one attached hydrogen (secondary N) is 1. The fraction of sp³-hybridized carbons (Fsp3) is 1.00. The van der Waals surface area contributed by atoms with E-state index in [4.69, 9.17) is 4.74 Å².